The van der Waals surface area contributed by atoms with E-state index in [1.807, 2.05) is 0 Å². The summed E-state index contributed by atoms with van der Waals surface area (Å²) in [7, 11) is 0. The second kappa shape index (κ2) is 10.4. The van der Waals surface area contributed by atoms with Crippen LogP contribution in [0, 0.1) is 13.8 Å². The lowest BCUT2D eigenvalue weighted by Crippen LogP contribution is -2.45. The summed E-state index contributed by atoms with van der Waals surface area (Å²) < 4.78 is 0. The number of piperazine rings is 1. The largest absolute Gasteiger partial charge is 0.314 e. The number of nitrogens with zero attached hydrogens (tertiary/aromatic N) is 1. The Bertz CT molecular complexity index is 404. The molecular formula is C17H30Cl2N2. The van der Waals surface area contributed by atoms with Crippen molar-refractivity contribution in [1.29, 1.82) is 0 Å². The summed E-state index contributed by atoms with van der Waals surface area (Å²) >= 11 is 0. The molecule has 1 heterocycles. The van der Waals surface area contributed by atoms with E-state index in [-0.39, 0.29) is 24.8 Å². The lowest BCUT2D eigenvalue weighted by Gasteiger charge is -2.36. The molecule has 0 radical (unpaired) electrons. The van der Waals surface area contributed by atoms with E-state index in [2.05, 4.69) is 49.2 Å². The molecule has 0 aromatic heterocycles. The normalized spacial score (nSPS) is 16.7. The van der Waals surface area contributed by atoms with Crippen molar-refractivity contribution in [3.63, 3.8) is 0 Å². The molecule has 2 nitrogen and oxygen atoms in total. The Labute approximate surface area is 142 Å². The number of aryl methyl sites for hydroxylation is 1. The zero-order valence-electron chi connectivity index (χ0n) is 13.5. The van der Waals surface area contributed by atoms with Gasteiger partial charge in [0.25, 0.3) is 0 Å². The van der Waals surface area contributed by atoms with Crippen molar-refractivity contribution in [1.82, 2.24) is 10.2 Å². The first-order chi connectivity index (χ1) is 9.24. The molecule has 21 heavy (non-hydrogen) atoms. The highest BCUT2D eigenvalue weighted by molar-refractivity contribution is 5.85. The summed E-state index contributed by atoms with van der Waals surface area (Å²) in [6, 6.07) is 7.40. The smallest absolute Gasteiger partial charge is 0.0351 e. The third-order valence-electron chi connectivity index (χ3n) is 4.43. The van der Waals surface area contributed by atoms with Crippen molar-refractivity contribution in [2.75, 3.05) is 26.2 Å². The van der Waals surface area contributed by atoms with Crippen LogP contribution in [0.5, 0.6) is 0 Å². The van der Waals surface area contributed by atoms with Crippen LogP contribution in [-0.2, 0) is 0 Å². The minimum atomic E-state index is 0. The third-order valence-corrected chi connectivity index (χ3v) is 4.43. The van der Waals surface area contributed by atoms with E-state index in [1.54, 1.807) is 5.56 Å². The zero-order valence-corrected chi connectivity index (χ0v) is 15.2. The summed E-state index contributed by atoms with van der Waals surface area (Å²) in [5.41, 5.74) is 4.46. The van der Waals surface area contributed by atoms with Gasteiger partial charge in [-0.05, 0) is 37.0 Å². The molecule has 0 unspecified atom stereocenters. The summed E-state index contributed by atoms with van der Waals surface area (Å²) in [6.45, 7) is 11.4. The van der Waals surface area contributed by atoms with Crippen LogP contribution in [0.1, 0.15) is 48.9 Å². The number of halogens is 2. The standard InChI is InChI=1S/C17H28N2.2ClH/c1-4-5-9-17(19-12-10-18-11-13-19)16-8-6-7-14(2)15(16)3;;/h6-8,17-18H,4-5,9-13H2,1-3H3;2*1H/t17-;;/m1../s1. The number of benzene rings is 1. The SMILES string of the molecule is CCCC[C@H](c1cccc(C)c1C)N1CCNCC1.Cl.Cl. The average molecular weight is 333 g/mol. The predicted molar refractivity (Wildman–Crippen MR) is 97.1 cm³/mol. The van der Waals surface area contributed by atoms with Gasteiger partial charge in [-0.15, -0.1) is 24.8 Å². The first-order valence-corrected chi connectivity index (χ1v) is 7.75. The number of hydrogen-bond acceptors (Lipinski definition) is 2. The highest BCUT2D eigenvalue weighted by Gasteiger charge is 2.23. The number of unbranched alkanes of at least 4 members (excludes halogenated alkanes) is 1. The molecule has 0 saturated carbocycles. The van der Waals surface area contributed by atoms with Gasteiger partial charge >= 0.3 is 0 Å². The van der Waals surface area contributed by atoms with Gasteiger partial charge in [0.2, 0.25) is 0 Å². The van der Waals surface area contributed by atoms with E-state index >= 15 is 0 Å². The Morgan fingerprint density at radius 1 is 1.14 bits per heavy atom. The first-order valence-electron chi connectivity index (χ1n) is 7.75. The van der Waals surface area contributed by atoms with Crippen molar-refractivity contribution >= 4 is 24.8 Å². The van der Waals surface area contributed by atoms with Crippen LogP contribution in [0.4, 0.5) is 0 Å². The monoisotopic (exact) mass is 332 g/mol. The molecule has 1 aliphatic heterocycles. The van der Waals surface area contributed by atoms with Crippen LogP contribution in [0.15, 0.2) is 18.2 Å². The second-order valence-electron chi connectivity index (χ2n) is 5.73. The van der Waals surface area contributed by atoms with Crippen LogP contribution < -0.4 is 5.32 Å². The van der Waals surface area contributed by atoms with Crippen molar-refractivity contribution in [2.45, 2.75) is 46.1 Å². The van der Waals surface area contributed by atoms with E-state index in [0.29, 0.717) is 6.04 Å². The fourth-order valence-corrected chi connectivity index (χ4v) is 3.06. The molecule has 0 amide bonds. The van der Waals surface area contributed by atoms with Crippen LogP contribution in [0.2, 0.25) is 0 Å². The summed E-state index contributed by atoms with van der Waals surface area (Å²) in [5, 5.41) is 3.46. The minimum Gasteiger partial charge on any atom is -0.314 e. The minimum absolute atomic E-state index is 0. The second-order valence-corrected chi connectivity index (χ2v) is 5.73. The maximum atomic E-state index is 3.46. The Hall–Kier alpha value is -0.280. The van der Waals surface area contributed by atoms with Gasteiger partial charge in [0.05, 0.1) is 0 Å². The van der Waals surface area contributed by atoms with Crippen LogP contribution in [-0.4, -0.2) is 31.1 Å². The summed E-state index contributed by atoms with van der Waals surface area (Å²) in [5.74, 6) is 0. The Kier molecular flexibility index (Phi) is 10.3. The highest BCUT2D eigenvalue weighted by atomic mass is 35.5. The van der Waals surface area contributed by atoms with Gasteiger partial charge in [-0.25, -0.2) is 0 Å². The first kappa shape index (κ1) is 20.7. The van der Waals surface area contributed by atoms with E-state index < -0.39 is 0 Å². The molecule has 4 heteroatoms. The fourth-order valence-electron chi connectivity index (χ4n) is 3.06. The Morgan fingerprint density at radius 3 is 2.43 bits per heavy atom. The maximum Gasteiger partial charge on any atom is 0.0351 e. The molecule has 1 saturated heterocycles. The Balaban J connectivity index is 0.00000200. The van der Waals surface area contributed by atoms with E-state index in [0.717, 1.165) is 13.1 Å². The predicted octanol–water partition coefficient (Wildman–Crippen LogP) is 4.28. The van der Waals surface area contributed by atoms with Gasteiger partial charge in [0.1, 0.15) is 0 Å². The molecule has 1 aromatic rings. The number of hydrogen-bond donors (Lipinski definition) is 1. The molecule has 0 bridgehead atoms. The zero-order chi connectivity index (χ0) is 13.7. The molecular weight excluding hydrogens is 303 g/mol. The summed E-state index contributed by atoms with van der Waals surface area (Å²) in [6.07, 6.45) is 3.90. The van der Waals surface area contributed by atoms with Crippen LogP contribution >= 0.6 is 24.8 Å². The average Bonchev–Trinajstić information content (AvgIpc) is 2.45. The lowest BCUT2D eigenvalue weighted by molar-refractivity contribution is 0.162. The number of rotatable bonds is 5. The topological polar surface area (TPSA) is 15.3 Å². The third kappa shape index (κ3) is 5.45. The van der Waals surface area contributed by atoms with Crippen molar-refractivity contribution in [3.05, 3.63) is 34.9 Å². The molecule has 122 valence electrons. The van der Waals surface area contributed by atoms with E-state index in [9.17, 15) is 0 Å². The molecule has 0 spiro atoms. The van der Waals surface area contributed by atoms with E-state index in [4.69, 9.17) is 0 Å². The van der Waals surface area contributed by atoms with Crippen molar-refractivity contribution in [3.8, 4) is 0 Å². The van der Waals surface area contributed by atoms with Gasteiger partial charge in [-0.1, -0.05) is 38.0 Å². The fraction of sp³-hybridized carbons (Fsp3) is 0.647. The van der Waals surface area contributed by atoms with Gasteiger partial charge < -0.3 is 5.32 Å². The van der Waals surface area contributed by atoms with Crippen molar-refractivity contribution in [2.24, 2.45) is 0 Å². The van der Waals surface area contributed by atoms with Gasteiger partial charge in [0, 0.05) is 32.2 Å². The molecule has 1 N–H and O–H groups in total. The molecule has 1 atom stereocenters. The highest BCUT2D eigenvalue weighted by Crippen LogP contribution is 2.30. The molecule has 2 rings (SSSR count). The Morgan fingerprint density at radius 2 is 1.81 bits per heavy atom. The maximum absolute atomic E-state index is 3.46. The van der Waals surface area contributed by atoms with Gasteiger partial charge in [0.15, 0.2) is 0 Å². The summed E-state index contributed by atoms with van der Waals surface area (Å²) in [4.78, 5) is 2.67. The van der Waals surface area contributed by atoms with Gasteiger partial charge in [-0.2, -0.15) is 0 Å². The quantitative estimate of drug-likeness (QED) is 0.865. The van der Waals surface area contributed by atoms with Crippen LogP contribution in [0.25, 0.3) is 0 Å². The van der Waals surface area contributed by atoms with Gasteiger partial charge in [-0.3, -0.25) is 4.90 Å². The van der Waals surface area contributed by atoms with Crippen molar-refractivity contribution < 1.29 is 0 Å². The molecule has 1 aromatic carbocycles. The number of nitrogens with one attached hydrogen (secondary N) is 1. The molecule has 1 aliphatic rings. The van der Waals surface area contributed by atoms with Crippen LogP contribution in [0.3, 0.4) is 0 Å². The molecule has 0 aliphatic carbocycles. The molecule has 1 fully saturated rings. The van der Waals surface area contributed by atoms with E-state index in [1.165, 1.54) is 43.5 Å². The lowest BCUT2D eigenvalue weighted by atomic mass is 9.92.